The van der Waals surface area contributed by atoms with E-state index in [9.17, 15) is 9.59 Å². The van der Waals surface area contributed by atoms with E-state index >= 15 is 0 Å². The van der Waals surface area contributed by atoms with Gasteiger partial charge in [-0.15, -0.1) is 0 Å². The van der Waals surface area contributed by atoms with Crippen molar-refractivity contribution in [2.45, 2.75) is 46.6 Å². The van der Waals surface area contributed by atoms with Gasteiger partial charge in [0.2, 0.25) is 0 Å². The van der Waals surface area contributed by atoms with E-state index in [4.69, 9.17) is 9.47 Å². The summed E-state index contributed by atoms with van der Waals surface area (Å²) < 4.78 is 12.3. The minimum absolute atomic E-state index is 0.143. The molecule has 6 nitrogen and oxygen atoms in total. The van der Waals surface area contributed by atoms with E-state index in [1.807, 2.05) is 38.6 Å². The molecule has 0 amide bonds. The monoisotopic (exact) mass is 310 g/mol. The quantitative estimate of drug-likeness (QED) is 0.688. The Morgan fingerprint density at radius 2 is 2.05 bits per heavy atom. The number of imidazole rings is 1. The van der Waals surface area contributed by atoms with Gasteiger partial charge in [0, 0.05) is 26.1 Å². The van der Waals surface area contributed by atoms with E-state index in [1.54, 1.807) is 6.33 Å². The van der Waals surface area contributed by atoms with Crippen LogP contribution in [0.25, 0.3) is 0 Å². The van der Waals surface area contributed by atoms with Crippen LogP contribution in [0.5, 0.6) is 0 Å². The van der Waals surface area contributed by atoms with Gasteiger partial charge in [-0.1, -0.05) is 6.92 Å². The van der Waals surface area contributed by atoms with Gasteiger partial charge in [-0.3, -0.25) is 9.59 Å². The molecule has 0 bridgehead atoms. The average Bonchev–Trinajstić information content (AvgIpc) is 2.81. The molecule has 0 saturated carbocycles. The van der Waals surface area contributed by atoms with Crippen molar-refractivity contribution in [2.75, 3.05) is 6.61 Å². The molecule has 2 atom stereocenters. The number of aromatic nitrogens is 2. The summed E-state index contributed by atoms with van der Waals surface area (Å²) in [6, 6.07) is 0. The summed E-state index contributed by atoms with van der Waals surface area (Å²) in [6.45, 7) is 7.14. The van der Waals surface area contributed by atoms with Crippen molar-refractivity contribution in [3.05, 3.63) is 18.2 Å². The van der Waals surface area contributed by atoms with Crippen molar-refractivity contribution in [3.63, 3.8) is 0 Å². The van der Waals surface area contributed by atoms with Crippen LogP contribution in [0.4, 0.5) is 0 Å². The van der Waals surface area contributed by atoms with Crippen LogP contribution < -0.4 is 0 Å². The predicted octanol–water partition coefficient (Wildman–Crippen LogP) is 2.12. The summed E-state index contributed by atoms with van der Waals surface area (Å²) in [7, 11) is 1.89. The second-order valence-corrected chi connectivity index (χ2v) is 5.80. The standard InChI is InChI=1S/C16H26N2O4/c1-6-15(16(20)22-11(2)3)13(9-21-12(4)19)7-14-8-18(5)10-17-14/h8,10-11,13,15H,6-7,9H2,1-5H3/t13-,15-/m0/s1. The molecule has 1 aromatic rings. The number of ether oxygens (including phenoxy) is 2. The van der Waals surface area contributed by atoms with E-state index in [0.717, 1.165) is 5.69 Å². The zero-order valence-corrected chi connectivity index (χ0v) is 14.0. The third-order valence-corrected chi connectivity index (χ3v) is 3.39. The van der Waals surface area contributed by atoms with Crippen molar-refractivity contribution >= 4 is 11.9 Å². The van der Waals surface area contributed by atoms with E-state index in [2.05, 4.69) is 4.98 Å². The fraction of sp³-hybridized carbons (Fsp3) is 0.688. The molecule has 0 aliphatic rings. The first-order chi connectivity index (χ1) is 10.3. The highest BCUT2D eigenvalue weighted by Crippen LogP contribution is 2.23. The molecule has 0 unspecified atom stereocenters. The molecule has 0 saturated heterocycles. The van der Waals surface area contributed by atoms with Crippen LogP contribution in [0.1, 0.15) is 39.8 Å². The summed E-state index contributed by atoms with van der Waals surface area (Å²) in [6.07, 6.45) is 4.66. The Bertz CT molecular complexity index is 496. The number of aryl methyl sites for hydroxylation is 1. The summed E-state index contributed by atoms with van der Waals surface area (Å²) >= 11 is 0. The van der Waals surface area contributed by atoms with Gasteiger partial charge < -0.3 is 14.0 Å². The minimum atomic E-state index is -0.349. The lowest BCUT2D eigenvalue weighted by Gasteiger charge is -2.24. The Labute approximate surface area is 131 Å². The maximum Gasteiger partial charge on any atom is 0.309 e. The highest BCUT2D eigenvalue weighted by molar-refractivity contribution is 5.73. The molecule has 1 rings (SSSR count). The van der Waals surface area contributed by atoms with Gasteiger partial charge in [-0.05, 0) is 26.7 Å². The van der Waals surface area contributed by atoms with Crippen LogP contribution in [0.15, 0.2) is 12.5 Å². The van der Waals surface area contributed by atoms with Crippen molar-refractivity contribution in [1.29, 1.82) is 0 Å². The van der Waals surface area contributed by atoms with Crippen LogP contribution in [-0.2, 0) is 32.5 Å². The third kappa shape index (κ3) is 5.87. The number of esters is 2. The Morgan fingerprint density at radius 1 is 1.36 bits per heavy atom. The number of hydrogen-bond acceptors (Lipinski definition) is 5. The van der Waals surface area contributed by atoms with Crippen molar-refractivity contribution in [2.24, 2.45) is 18.9 Å². The lowest BCUT2D eigenvalue weighted by Crippen LogP contribution is -2.32. The van der Waals surface area contributed by atoms with Crippen LogP contribution in [0.3, 0.4) is 0 Å². The van der Waals surface area contributed by atoms with E-state index in [1.165, 1.54) is 6.92 Å². The lowest BCUT2D eigenvalue weighted by atomic mass is 9.87. The molecule has 1 aromatic heterocycles. The lowest BCUT2D eigenvalue weighted by molar-refractivity contribution is -0.157. The largest absolute Gasteiger partial charge is 0.466 e. The Kier molecular flexibility index (Phi) is 7.08. The Morgan fingerprint density at radius 3 is 2.50 bits per heavy atom. The second-order valence-electron chi connectivity index (χ2n) is 5.80. The zero-order chi connectivity index (χ0) is 16.7. The maximum atomic E-state index is 12.3. The highest BCUT2D eigenvalue weighted by Gasteiger charge is 2.30. The van der Waals surface area contributed by atoms with Gasteiger partial charge >= 0.3 is 11.9 Å². The molecular formula is C16H26N2O4. The number of rotatable bonds is 8. The average molecular weight is 310 g/mol. The fourth-order valence-corrected chi connectivity index (χ4v) is 2.39. The summed E-state index contributed by atoms with van der Waals surface area (Å²) in [4.78, 5) is 27.7. The Hall–Kier alpha value is -1.85. The van der Waals surface area contributed by atoms with Gasteiger partial charge in [0.1, 0.15) is 0 Å². The fourth-order valence-electron chi connectivity index (χ4n) is 2.39. The summed E-state index contributed by atoms with van der Waals surface area (Å²) in [5, 5.41) is 0. The van der Waals surface area contributed by atoms with Gasteiger partial charge in [0.05, 0.1) is 30.7 Å². The minimum Gasteiger partial charge on any atom is -0.466 e. The van der Waals surface area contributed by atoms with Crippen LogP contribution in [0.2, 0.25) is 0 Å². The SMILES string of the molecule is CC[C@H](C(=O)OC(C)C)[C@H](COC(C)=O)Cc1cn(C)cn1. The molecule has 22 heavy (non-hydrogen) atoms. The molecule has 1 heterocycles. The summed E-state index contributed by atoms with van der Waals surface area (Å²) in [5.74, 6) is -1.05. The molecular weight excluding hydrogens is 284 g/mol. The van der Waals surface area contributed by atoms with Gasteiger partial charge in [-0.25, -0.2) is 4.98 Å². The first-order valence-corrected chi connectivity index (χ1v) is 7.64. The topological polar surface area (TPSA) is 70.4 Å². The molecule has 124 valence electrons. The first kappa shape index (κ1) is 18.2. The number of hydrogen-bond donors (Lipinski definition) is 0. The highest BCUT2D eigenvalue weighted by atomic mass is 16.5. The smallest absolute Gasteiger partial charge is 0.309 e. The molecule has 0 N–H and O–H groups in total. The normalized spacial score (nSPS) is 13.7. The first-order valence-electron chi connectivity index (χ1n) is 7.64. The maximum absolute atomic E-state index is 12.3. The predicted molar refractivity (Wildman–Crippen MR) is 82.0 cm³/mol. The Balaban J connectivity index is 2.85. The van der Waals surface area contributed by atoms with Gasteiger partial charge in [-0.2, -0.15) is 0 Å². The molecule has 6 heteroatoms. The number of carbonyl (C=O) groups excluding carboxylic acids is 2. The van der Waals surface area contributed by atoms with E-state index < -0.39 is 0 Å². The molecule has 0 fully saturated rings. The van der Waals surface area contributed by atoms with E-state index in [0.29, 0.717) is 12.8 Å². The summed E-state index contributed by atoms with van der Waals surface area (Å²) in [5.41, 5.74) is 0.871. The van der Waals surface area contributed by atoms with Gasteiger partial charge in [0.25, 0.3) is 0 Å². The molecule has 0 aromatic carbocycles. The van der Waals surface area contributed by atoms with Crippen molar-refractivity contribution in [1.82, 2.24) is 9.55 Å². The van der Waals surface area contributed by atoms with Crippen LogP contribution in [-0.4, -0.2) is 34.2 Å². The second kappa shape index (κ2) is 8.56. The molecule has 0 radical (unpaired) electrons. The molecule has 0 spiro atoms. The number of nitrogens with zero attached hydrogens (tertiary/aromatic N) is 2. The van der Waals surface area contributed by atoms with Crippen molar-refractivity contribution in [3.8, 4) is 0 Å². The number of carbonyl (C=O) groups is 2. The van der Waals surface area contributed by atoms with Gasteiger partial charge in [0.15, 0.2) is 0 Å². The van der Waals surface area contributed by atoms with Crippen molar-refractivity contribution < 1.29 is 19.1 Å². The zero-order valence-electron chi connectivity index (χ0n) is 14.0. The third-order valence-electron chi connectivity index (χ3n) is 3.39. The molecule has 0 aliphatic heterocycles. The van der Waals surface area contributed by atoms with Crippen LogP contribution in [0, 0.1) is 11.8 Å². The van der Waals surface area contributed by atoms with Crippen LogP contribution >= 0.6 is 0 Å². The molecule has 0 aliphatic carbocycles. The van der Waals surface area contributed by atoms with E-state index in [-0.39, 0.29) is 36.5 Å².